The lowest BCUT2D eigenvalue weighted by atomic mass is 10.1. The van der Waals surface area contributed by atoms with Crippen LogP contribution >= 0.6 is 0 Å². The minimum Gasteiger partial charge on any atom is -0.454 e. The van der Waals surface area contributed by atoms with Gasteiger partial charge in [-0.15, -0.1) is 0 Å². The van der Waals surface area contributed by atoms with E-state index in [1.807, 2.05) is 32.2 Å². The van der Waals surface area contributed by atoms with Crippen molar-refractivity contribution in [1.82, 2.24) is 10.2 Å². The summed E-state index contributed by atoms with van der Waals surface area (Å²) >= 11 is 0. The predicted molar refractivity (Wildman–Crippen MR) is 95.1 cm³/mol. The summed E-state index contributed by atoms with van der Waals surface area (Å²) < 4.78 is 19.9. The Kier molecular flexibility index (Phi) is 5.34. The van der Waals surface area contributed by atoms with Gasteiger partial charge in [0.2, 0.25) is 5.91 Å². The summed E-state index contributed by atoms with van der Waals surface area (Å²) in [6.45, 7) is 2.22. The topological polar surface area (TPSA) is 41.6 Å². The molecule has 1 aliphatic rings. The van der Waals surface area contributed by atoms with Gasteiger partial charge in [0, 0.05) is 6.04 Å². The molecule has 25 heavy (non-hydrogen) atoms. The fourth-order valence-corrected chi connectivity index (χ4v) is 2.73. The molecular weight excluding hydrogens is 319 g/mol. The van der Waals surface area contributed by atoms with Gasteiger partial charge in [0.25, 0.3) is 0 Å². The summed E-state index contributed by atoms with van der Waals surface area (Å²) in [6.07, 6.45) is 2.32. The molecule has 2 aromatic carbocycles. The zero-order valence-electron chi connectivity index (χ0n) is 14.5. The summed E-state index contributed by atoms with van der Waals surface area (Å²) in [5, 5.41) is 2.92. The number of nitrogens with zero attached hydrogens (tertiary/aromatic N) is 1. The maximum Gasteiger partial charge on any atom is 0.234 e. The number of ether oxygens (including phenoxy) is 1. The Balaban J connectivity index is 1.60. The van der Waals surface area contributed by atoms with E-state index in [2.05, 4.69) is 10.2 Å². The van der Waals surface area contributed by atoms with Crippen LogP contribution in [0.25, 0.3) is 0 Å². The van der Waals surface area contributed by atoms with Crippen LogP contribution in [0.1, 0.15) is 31.4 Å². The van der Waals surface area contributed by atoms with Gasteiger partial charge in [0.15, 0.2) is 11.6 Å². The quantitative estimate of drug-likeness (QED) is 0.830. The van der Waals surface area contributed by atoms with Gasteiger partial charge in [0.1, 0.15) is 5.75 Å². The largest absolute Gasteiger partial charge is 0.454 e. The molecule has 0 heterocycles. The summed E-state index contributed by atoms with van der Waals surface area (Å²) in [5.74, 6) is 0.255. The smallest absolute Gasteiger partial charge is 0.234 e. The molecule has 0 aromatic heterocycles. The number of amides is 1. The van der Waals surface area contributed by atoms with Crippen molar-refractivity contribution in [2.24, 2.45) is 0 Å². The van der Waals surface area contributed by atoms with Crippen LogP contribution in [0.3, 0.4) is 0 Å². The van der Waals surface area contributed by atoms with Gasteiger partial charge in [-0.3, -0.25) is 9.69 Å². The molecule has 1 amide bonds. The van der Waals surface area contributed by atoms with Crippen molar-refractivity contribution < 1.29 is 13.9 Å². The van der Waals surface area contributed by atoms with Gasteiger partial charge in [-0.2, -0.15) is 0 Å². The summed E-state index contributed by atoms with van der Waals surface area (Å²) in [6, 6.07) is 14.1. The van der Waals surface area contributed by atoms with Crippen LogP contribution in [-0.2, 0) is 4.79 Å². The molecule has 1 aliphatic carbocycles. The van der Waals surface area contributed by atoms with E-state index < -0.39 is 5.82 Å². The lowest BCUT2D eigenvalue weighted by molar-refractivity contribution is -0.122. The van der Waals surface area contributed by atoms with Gasteiger partial charge >= 0.3 is 0 Å². The first kappa shape index (κ1) is 17.4. The van der Waals surface area contributed by atoms with Crippen molar-refractivity contribution in [3.8, 4) is 11.5 Å². The summed E-state index contributed by atoms with van der Waals surface area (Å²) in [4.78, 5) is 14.1. The van der Waals surface area contributed by atoms with Gasteiger partial charge in [-0.25, -0.2) is 4.39 Å². The van der Waals surface area contributed by atoms with Gasteiger partial charge < -0.3 is 10.1 Å². The Labute approximate surface area is 147 Å². The second kappa shape index (κ2) is 7.66. The maximum absolute atomic E-state index is 14.3. The van der Waals surface area contributed by atoms with E-state index in [1.54, 1.807) is 24.3 Å². The molecule has 4 nitrogen and oxygen atoms in total. The molecule has 1 N–H and O–H groups in total. The molecule has 1 fully saturated rings. The highest BCUT2D eigenvalue weighted by Crippen LogP contribution is 2.27. The lowest BCUT2D eigenvalue weighted by Crippen LogP contribution is -2.37. The molecule has 0 aliphatic heterocycles. The summed E-state index contributed by atoms with van der Waals surface area (Å²) in [7, 11) is 1.96. The Bertz CT molecular complexity index is 732. The third-order valence-electron chi connectivity index (χ3n) is 4.37. The SMILES string of the molecule is CC(NC(=O)CN(C)C1CC1)c1ccc(Oc2ccccc2)c(F)c1. The lowest BCUT2D eigenvalue weighted by Gasteiger charge is -2.19. The van der Waals surface area contributed by atoms with Crippen molar-refractivity contribution in [1.29, 1.82) is 0 Å². The number of hydrogen-bond acceptors (Lipinski definition) is 3. The number of carbonyl (C=O) groups is 1. The molecule has 2 aromatic rings. The van der Waals surface area contributed by atoms with Crippen molar-refractivity contribution in [2.75, 3.05) is 13.6 Å². The van der Waals surface area contributed by atoms with E-state index in [9.17, 15) is 9.18 Å². The van der Waals surface area contributed by atoms with E-state index in [4.69, 9.17) is 4.74 Å². The number of hydrogen-bond donors (Lipinski definition) is 1. The normalized spacial score (nSPS) is 15.0. The van der Waals surface area contributed by atoms with Crippen LogP contribution in [0.15, 0.2) is 48.5 Å². The zero-order chi connectivity index (χ0) is 17.8. The summed E-state index contributed by atoms with van der Waals surface area (Å²) in [5.41, 5.74) is 0.709. The number of rotatable bonds is 7. The molecular formula is C20H23FN2O2. The first-order valence-electron chi connectivity index (χ1n) is 8.55. The minimum atomic E-state index is -0.447. The first-order chi connectivity index (χ1) is 12.0. The molecule has 1 saturated carbocycles. The standard InChI is InChI=1S/C20H23FN2O2/c1-14(22-20(24)13-23(2)16-9-10-16)15-8-11-19(18(21)12-15)25-17-6-4-3-5-7-17/h3-8,11-12,14,16H,9-10,13H2,1-2H3,(H,22,24). The number of nitrogens with one attached hydrogen (secondary N) is 1. The Morgan fingerprint density at radius 3 is 2.64 bits per heavy atom. The third-order valence-corrected chi connectivity index (χ3v) is 4.37. The van der Waals surface area contributed by atoms with E-state index in [1.165, 1.54) is 6.07 Å². The molecule has 132 valence electrons. The van der Waals surface area contributed by atoms with Crippen LogP contribution in [-0.4, -0.2) is 30.4 Å². The number of likely N-dealkylation sites (N-methyl/N-ethyl adjacent to an activating group) is 1. The van der Waals surface area contributed by atoms with Crippen LogP contribution in [0.2, 0.25) is 0 Å². The molecule has 1 unspecified atom stereocenters. The van der Waals surface area contributed by atoms with Gasteiger partial charge in [-0.05, 0) is 56.6 Å². The average molecular weight is 342 g/mol. The molecule has 3 rings (SSSR count). The average Bonchev–Trinajstić information content (AvgIpc) is 3.42. The van der Waals surface area contributed by atoms with E-state index in [0.29, 0.717) is 23.9 Å². The minimum absolute atomic E-state index is 0.0491. The van der Waals surface area contributed by atoms with Crippen molar-refractivity contribution in [3.63, 3.8) is 0 Å². The number of para-hydroxylation sites is 1. The van der Waals surface area contributed by atoms with Crippen molar-refractivity contribution >= 4 is 5.91 Å². The van der Waals surface area contributed by atoms with Gasteiger partial charge in [0.05, 0.1) is 12.6 Å². The Morgan fingerprint density at radius 2 is 2.00 bits per heavy atom. The van der Waals surface area contributed by atoms with Crippen LogP contribution in [0, 0.1) is 5.82 Å². The van der Waals surface area contributed by atoms with Crippen LogP contribution in [0.4, 0.5) is 4.39 Å². The van der Waals surface area contributed by atoms with Gasteiger partial charge in [-0.1, -0.05) is 24.3 Å². The number of carbonyl (C=O) groups excluding carboxylic acids is 1. The highest BCUT2D eigenvalue weighted by molar-refractivity contribution is 5.78. The molecule has 1 atom stereocenters. The van der Waals surface area contributed by atoms with Crippen LogP contribution < -0.4 is 10.1 Å². The third kappa shape index (κ3) is 4.79. The molecule has 0 bridgehead atoms. The monoisotopic (exact) mass is 342 g/mol. The fourth-order valence-electron chi connectivity index (χ4n) is 2.73. The van der Waals surface area contributed by atoms with E-state index in [0.717, 1.165) is 12.8 Å². The predicted octanol–water partition coefficient (Wildman–Crippen LogP) is 3.89. The van der Waals surface area contributed by atoms with Crippen molar-refractivity contribution in [3.05, 3.63) is 59.9 Å². The van der Waals surface area contributed by atoms with Crippen LogP contribution in [0.5, 0.6) is 11.5 Å². The zero-order valence-corrected chi connectivity index (χ0v) is 14.5. The molecule has 0 saturated heterocycles. The number of halogens is 1. The number of benzene rings is 2. The van der Waals surface area contributed by atoms with E-state index in [-0.39, 0.29) is 17.7 Å². The maximum atomic E-state index is 14.3. The first-order valence-corrected chi connectivity index (χ1v) is 8.55. The fraction of sp³-hybridized carbons (Fsp3) is 0.350. The molecule has 5 heteroatoms. The van der Waals surface area contributed by atoms with Crippen molar-refractivity contribution in [2.45, 2.75) is 31.8 Å². The molecule has 0 spiro atoms. The van der Waals surface area contributed by atoms with E-state index >= 15 is 0 Å². The Hall–Kier alpha value is -2.40. The Morgan fingerprint density at radius 1 is 1.28 bits per heavy atom. The second-order valence-corrected chi connectivity index (χ2v) is 6.54. The highest BCUT2D eigenvalue weighted by atomic mass is 19.1. The molecule has 0 radical (unpaired) electrons. The highest BCUT2D eigenvalue weighted by Gasteiger charge is 2.27. The second-order valence-electron chi connectivity index (χ2n) is 6.54.